The fourth-order valence-electron chi connectivity index (χ4n) is 2.08. The molecule has 2 rings (SSSR count). The molecule has 1 aromatic rings. The molecule has 0 saturated carbocycles. The number of ether oxygens (including phenoxy) is 2. The number of aromatic nitrogens is 3. The molecule has 106 valence electrons. The van der Waals surface area contributed by atoms with Crippen LogP contribution in [0.3, 0.4) is 0 Å². The molecule has 19 heavy (non-hydrogen) atoms. The standard InChI is InChI=1S/C11H18ClN5O2/c1-4-13-10-14-9(12)15-11(16-10)17-5-7(18-2)8(6-17)19-3/h7-8H,4-6H2,1-3H3,(H,13,14,15,16). The van der Waals surface area contributed by atoms with Crippen LogP contribution >= 0.6 is 11.6 Å². The highest BCUT2D eigenvalue weighted by Crippen LogP contribution is 2.22. The fraction of sp³-hybridized carbons (Fsp3) is 0.727. The predicted molar refractivity (Wildman–Crippen MR) is 72.8 cm³/mol. The summed E-state index contributed by atoms with van der Waals surface area (Å²) < 4.78 is 10.8. The van der Waals surface area contributed by atoms with Gasteiger partial charge in [0.05, 0.1) is 0 Å². The number of nitrogens with one attached hydrogen (secondary N) is 1. The first kappa shape index (κ1) is 14.2. The van der Waals surface area contributed by atoms with E-state index >= 15 is 0 Å². The van der Waals surface area contributed by atoms with E-state index in [0.717, 1.165) is 6.54 Å². The second-order valence-corrected chi connectivity index (χ2v) is 4.55. The van der Waals surface area contributed by atoms with Crippen molar-refractivity contribution >= 4 is 23.5 Å². The molecule has 0 aliphatic carbocycles. The van der Waals surface area contributed by atoms with E-state index in [4.69, 9.17) is 21.1 Å². The van der Waals surface area contributed by atoms with Crippen LogP contribution in [0.25, 0.3) is 0 Å². The largest absolute Gasteiger partial charge is 0.377 e. The number of hydrogen-bond acceptors (Lipinski definition) is 7. The van der Waals surface area contributed by atoms with Gasteiger partial charge in [0.2, 0.25) is 17.2 Å². The summed E-state index contributed by atoms with van der Waals surface area (Å²) in [6.07, 6.45) is 0.00579. The smallest absolute Gasteiger partial charge is 0.231 e. The van der Waals surface area contributed by atoms with E-state index in [1.807, 2.05) is 11.8 Å². The van der Waals surface area contributed by atoms with Crippen LogP contribution in [-0.4, -0.2) is 61.0 Å². The van der Waals surface area contributed by atoms with Gasteiger partial charge in [0, 0.05) is 33.9 Å². The third-order valence-electron chi connectivity index (χ3n) is 3.03. The maximum atomic E-state index is 5.91. The molecule has 2 atom stereocenters. The summed E-state index contributed by atoms with van der Waals surface area (Å²) in [4.78, 5) is 14.5. The average molecular weight is 288 g/mol. The lowest BCUT2D eigenvalue weighted by Crippen LogP contribution is -2.27. The van der Waals surface area contributed by atoms with Crippen molar-refractivity contribution in [3.05, 3.63) is 5.28 Å². The first-order valence-electron chi connectivity index (χ1n) is 6.14. The highest BCUT2D eigenvalue weighted by atomic mass is 35.5. The van der Waals surface area contributed by atoms with Crippen molar-refractivity contribution < 1.29 is 9.47 Å². The molecule has 1 aliphatic rings. The molecule has 1 saturated heterocycles. The number of anilines is 2. The molecular formula is C11H18ClN5O2. The van der Waals surface area contributed by atoms with Crippen molar-refractivity contribution in [1.82, 2.24) is 15.0 Å². The lowest BCUT2D eigenvalue weighted by atomic mass is 10.3. The zero-order valence-electron chi connectivity index (χ0n) is 11.3. The Morgan fingerprint density at radius 3 is 2.37 bits per heavy atom. The lowest BCUT2D eigenvalue weighted by Gasteiger charge is -2.16. The monoisotopic (exact) mass is 287 g/mol. The summed E-state index contributed by atoms with van der Waals surface area (Å²) >= 11 is 5.91. The zero-order chi connectivity index (χ0) is 13.8. The Labute approximate surface area is 117 Å². The summed E-state index contributed by atoms with van der Waals surface area (Å²) in [6, 6.07) is 0. The van der Waals surface area contributed by atoms with Crippen LogP contribution in [0.2, 0.25) is 5.28 Å². The molecule has 1 N–H and O–H groups in total. The summed E-state index contributed by atoms with van der Waals surface area (Å²) in [5.41, 5.74) is 0. The number of methoxy groups -OCH3 is 2. The number of hydrogen-bond donors (Lipinski definition) is 1. The van der Waals surface area contributed by atoms with Gasteiger partial charge < -0.3 is 19.7 Å². The van der Waals surface area contributed by atoms with Crippen LogP contribution in [0.15, 0.2) is 0 Å². The Balaban J connectivity index is 2.18. The van der Waals surface area contributed by atoms with Gasteiger partial charge in [-0.2, -0.15) is 15.0 Å². The molecule has 2 unspecified atom stereocenters. The summed E-state index contributed by atoms with van der Waals surface area (Å²) in [5, 5.41) is 3.20. The molecule has 7 nitrogen and oxygen atoms in total. The lowest BCUT2D eigenvalue weighted by molar-refractivity contribution is -0.00461. The van der Waals surface area contributed by atoms with Crippen molar-refractivity contribution in [2.45, 2.75) is 19.1 Å². The van der Waals surface area contributed by atoms with Crippen molar-refractivity contribution in [2.24, 2.45) is 0 Å². The van der Waals surface area contributed by atoms with Gasteiger partial charge in [-0.25, -0.2) is 0 Å². The zero-order valence-corrected chi connectivity index (χ0v) is 12.0. The Bertz CT molecular complexity index is 422. The van der Waals surface area contributed by atoms with E-state index in [1.54, 1.807) is 14.2 Å². The summed E-state index contributed by atoms with van der Waals surface area (Å²) in [7, 11) is 3.34. The van der Waals surface area contributed by atoms with Crippen LogP contribution in [-0.2, 0) is 9.47 Å². The second-order valence-electron chi connectivity index (χ2n) is 4.21. The first-order valence-corrected chi connectivity index (χ1v) is 6.51. The van der Waals surface area contributed by atoms with Crippen molar-refractivity contribution in [3.63, 3.8) is 0 Å². The molecule has 0 bridgehead atoms. The highest BCUT2D eigenvalue weighted by molar-refractivity contribution is 6.28. The maximum absolute atomic E-state index is 5.91. The van der Waals surface area contributed by atoms with E-state index < -0.39 is 0 Å². The van der Waals surface area contributed by atoms with Gasteiger partial charge in [0.1, 0.15) is 12.2 Å². The molecule has 0 aromatic carbocycles. The van der Waals surface area contributed by atoms with Gasteiger partial charge >= 0.3 is 0 Å². The SMILES string of the molecule is CCNc1nc(Cl)nc(N2CC(OC)C(OC)C2)n1. The van der Waals surface area contributed by atoms with E-state index in [9.17, 15) is 0 Å². The van der Waals surface area contributed by atoms with Crippen LogP contribution in [0.1, 0.15) is 6.92 Å². The average Bonchev–Trinajstić information content (AvgIpc) is 2.81. The van der Waals surface area contributed by atoms with Crippen LogP contribution in [0.4, 0.5) is 11.9 Å². The third-order valence-corrected chi connectivity index (χ3v) is 3.20. The minimum Gasteiger partial charge on any atom is -0.377 e. The Hall–Kier alpha value is -1.18. The highest BCUT2D eigenvalue weighted by Gasteiger charge is 2.34. The number of rotatable bonds is 5. The number of halogens is 1. The summed E-state index contributed by atoms with van der Waals surface area (Å²) in [5.74, 6) is 1.02. The Morgan fingerprint density at radius 2 is 1.84 bits per heavy atom. The van der Waals surface area contributed by atoms with Gasteiger partial charge in [0.15, 0.2) is 0 Å². The molecule has 0 spiro atoms. The predicted octanol–water partition coefficient (Wildman–Crippen LogP) is 0.807. The molecule has 1 aromatic heterocycles. The van der Waals surface area contributed by atoms with Crippen molar-refractivity contribution in [1.29, 1.82) is 0 Å². The van der Waals surface area contributed by atoms with Gasteiger partial charge in [-0.05, 0) is 18.5 Å². The Morgan fingerprint density at radius 1 is 1.21 bits per heavy atom. The molecule has 0 radical (unpaired) electrons. The third kappa shape index (κ3) is 3.23. The van der Waals surface area contributed by atoms with Gasteiger partial charge in [-0.3, -0.25) is 0 Å². The van der Waals surface area contributed by atoms with Crippen molar-refractivity contribution in [2.75, 3.05) is 44.1 Å². The van der Waals surface area contributed by atoms with Gasteiger partial charge in [-0.1, -0.05) is 0 Å². The summed E-state index contributed by atoms with van der Waals surface area (Å²) in [6.45, 7) is 4.03. The van der Waals surface area contributed by atoms with E-state index in [0.29, 0.717) is 25.0 Å². The molecule has 2 heterocycles. The van der Waals surface area contributed by atoms with Gasteiger partial charge in [-0.15, -0.1) is 0 Å². The first-order chi connectivity index (χ1) is 9.17. The molecule has 0 amide bonds. The van der Waals surface area contributed by atoms with Gasteiger partial charge in [0.25, 0.3) is 0 Å². The van der Waals surface area contributed by atoms with Crippen LogP contribution in [0, 0.1) is 0 Å². The molecule has 1 fully saturated rings. The van der Waals surface area contributed by atoms with Crippen LogP contribution in [0.5, 0.6) is 0 Å². The van der Waals surface area contributed by atoms with Crippen LogP contribution < -0.4 is 10.2 Å². The van der Waals surface area contributed by atoms with E-state index in [2.05, 4.69) is 20.3 Å². The molecule has 1 aliphatic heterocycles. The normalized spacial score (nSPS) is 22.8. The molecular weight excluding hydrogens is 270 g/mol. The minimum absolute atomic E-state index is 0.00289. The quantitative estimate of drug-likeness (QED) is 0.859. The van der Waals surface area contributed by atoms with E-state index in [1.165, 1.54) is 0 Å². The molecule has 8 heteroatoms. The second kappa shape index (κ2) is 6.31. The van der Waals surface area contributed by atoms with E-state index in [-0.39, 0.29) is 17.5 Å². The fourth-order valence-corrected chi connectivity index (χ4v) is 2.23. The number of nitrogens with zero attached hydrogens (tertiary/aromatic N) is 4. The van der Waals surface area contributed by atoms with Crippen molar-refractivity contribution in [3.8, 4) is 0 Å². The topological polar surface area (TPSA) is 72.4 Å². The minimum atomic E-state index is 0.00289. The maximum Gasteiger partial charge on any atom is 0.231 e. The Kier molecular flexibility index (Phi) is 4.73.